The third-order valence-corrected chi connectivity index (χ3v) is 8.78. The molecule has 1 N–H and O–H groups in total. The molecule has 0 aliphatic carbocycles. The van der Waals surface area contributed by atoms with Gasteiger partial charge in [-0.3, -0.25) is 0 Å². The second-order valence-corrected chi connectivity index (χ2v) is 12.5. The molecule has 0 aromatic heterocycles. The highest BCUT2D eigenvalue weighted by atomic mass is 28.4. The Morgan fingerprint density at radius 2 is 1.91 bits per heavy atom. The molecule has 0 saturated carbocycles. The van der Waals surface area contributed by atoms with E-state index in [2.05, 4.69) is 20.8 Å². The van der Waals surface area contributed by atoms with E-state index in [0.29, 0.717) is 0 Å². The summed E-state index contributed by atoms with van der Waals surface area (Å²) in [7, 11) is -2.24. The van der Waals surface area contributed by atoms with Gasteiger partial charge >= 0.3 is 5.97 Å². The zero-order valence-electron chi connectivity index (χ0n) is 14.4. The average Bonchev–Trinajstić information content (AvgIpc) is 2.82. The van der Waals surface area contributed by atoms with Gasteiger partial charge in [-0.25, -0.2) is 4.79 Å². The van der Waals surface area contributed by atoms with Crippen LogP contribution in [-0.4, -0.2) is 44.0 Å². The maximum atomic E-state index is 12.1. The minimum Gasteiger partial charge on any atom is -0.536 e. The molecule has 2 heterocycles. The van der Waals surface area contributed by atoms with Gasteiger partial charge in [0.25, 0.3) is 8.32 Å². The Hall–Kier alpha value is -1.05. The SMILES string of the molecule is CC1(C)OC[C@@H](C2OC(=O)C(O[Si](C)(C)C(C)(C)C)=C2O)O1. The van der Waals surface area contributed by atoms with Crippen LogP contribution in [0.25, 0.3) is 0 Å². The molecule has 1 saturated heterocycles. The lowest BCUT2D eigenvalue weighted by Crippen LogP contribution is -2.41. The average molecular weight is 330 g/mol. The molecule has 1 fully saturated rings. The number of aliphatic hydroxyl groups excluding tert-OH is 1. The first-order valence-electron chi connectivity index (χ1n) is 7.49. The van der Waals surface area contributed by atoms with Crippen LogP contribution in [0, 0.1) is 0 Å². The van der Waals surface area contributed by atoms with Crippen molar-refractivity contribution < 1.29 is 28.5 Å². The number of hydrogen-bond acceptors (Lipinski definition) is 6. The van der Waals surface area contributed by atoms with Crippen LogP contribution in [-0.2, 0) is 23.4 Å². The number of hydrogen-bond donors (Lipinski definition) is 1. The first-order chi connectivity index (χ1) is 9.84. The van der Waals surface area contributed by atoms with E-state index in [-0.39, 0.29) is 23.2 Å². The third-order valence-electron chi connectivity index (χ3n) is 4.45. The van der Waals surface area contributed by atoms with Crippen LogP contribution in [0.15, 0.2) is 11.5 Å². The van der Waals surface area contributed by atoms with Crippen molar-refractivity contribution in [3.8, 4) is 0 Å². The van der Waals surface area contributed by atoms with Crippen LogP contribution in [0.5, 0.6) is 0 Å². The van der Waals surface area contributed by atoms with Crippen molar-refractivity contribution in [2.24, 2.45) is 0 Å². The third kappa shape index (κ3) is 3.16. The Balaban J connectivity index is 2.19. The van der Waals surface area contributed by atoms with Crippen LogP contribution >= 0.6 is 0 Å². The molecule has 0 spiro atoms. The number of ether oxygens (including phenoxy) is 3. The largest absolute Gasteiger partial charge is 0.536 e. The Labute approximate surface area is 132 Å². The quantitative estimate of drug-likeness (QED) is 0.633. The summed E-state index contributed by atoms with van der Waals surface area (Å²) in [6, 6.07) is 0. The molecular formula is C15H26O6Si. The molecule has 126 valence electrons. The lowest BCUT2D eigenvalue weighted by molar-refractivity contribution is -0.163. The van der Waals surface area contributed by atoms with Gasteiger partial charge in [-0.05, 0) is 32.0 Å². The smallest absolute Gasteiger partial charge is 0.376 e. The summed E-state index contributed by atoms with van der Waals surface area (Å²) in [5.41, 5.74) is 0. The standard InChI is InChI=1S/C15H26O6Si/c1-14(2,3)22(6,7)21-12-10(16)11(19-13(12)17)9-8-18-15(4,5)20-9/h9,11,16H,8H2,1-7H3/t9-,11?/m0/s1. The summed E-state index contributed by atoms with van der Waals surface area (Å²) >= 11 is 0. The molecule has 2 rings (SSSR count). The summed E-state index contributed by atoms with van der Waals surface area (Å²) in [6.45, 7) is 14.0. The predicted molar refractivity (Wildman–Crippen MR) is 82.7 cm³/mol. The first-order valence-corrected chi connectivity index (χ1v) is 10.4. The Morgan fingerprint density at radius 1 is 1.32 bits per heavy atom. The van der Waals surface area contributed by atoms with Crippen molar-refractivity contribution in [3.05, 3.63) is 11.5 Å². The molecule has 0 aromatic carbocycles. The van der Waals surface area contributed by atoms with E-state index < -0.39 is 32.3 Å². The molecule has 0 aromatic rings. The van der Waals surface area contributed by atoms with Crippen LogP contribution in [0.3, 0.4) is 0 Å². The molecule has 0 bridgehead atoms. The fourth-order valence-corrected chi connectivity index (χ4v) is 3.08. The summed E-state index contributed by atoms with van der Waals surface area (Å²) in [4.78, 5) is 12.1. The lowest BCUT2D eigenvalue weighted by Gasteiger charge is -2.36. The van der Waals surface area contributed by atoms with E-state index in [9.17, 15) is 9.90 Å². The monoisotopic (exact) mass is 330 g/mol. The minimum atomic E-state index is -2.24. The number of rotatable bonds is 3. The zero-order chi connectivity index (χ0) is 16.9. The predicted octanol–water partition coefficient (Wildman–Crippen LogP) is 2.85. The van der Waals surface area contributed by atoms with Gasteiger partial charge in [-0.15, -0.1) is 0 Å². The number of cyclic esters (lactones) is 1. The van der Waals surface area contributed by atoms with Crippen molar-refractivity contribution in [3.63, 3.8) is 0 Å². The second kappa shape index (κ2) is 5.25. The summed E-state index contributed by atoms with van der Waals surface area (Å²) < 4.78 is 22.3. The van der Waals surface area contributed by atoms with Gasteiger partial charge in [0.15, 0.2) is 17.7 Å². The molecule has 0 amide bonds. The summed E-state index contributed by atoms with van der Waals surface area (Å²) in [5.74, 6) is -1.66. The van der Waals surface area contributed by atoms with Gasteiger partial charge in [0.05, 0.1) is 6.61 Å². The van der Waals surface area contributed by atoms with E-state index in [4.69, 9.17) is 18.6 Å². The van der Waals surface area contributed by atoms with Crippen LogP contribution in [0.2, 0.25) is 18.1 Å². The second-order valence-electron chi connectivity index (χ2n) is 7.77. The number of carbonyl (C=O) groups excluding carboxylic acids is 1. The maximum absolute atomic E-state index is 12.1. The van der Waals surface area contributed by atoms with Crippen molar-refractivity contribution in [1.29, 1.82) is 0 Å². The van der Waals surface area contributed by atoms with Crippen LogP contribution in [0.4, 0.5) is 0 Å². The highest BCUT2D eigenvalue weighted by Crippen LogP contribution is 2.40. The van der Waals surface area contributed by atoms with Crippen LogP contribution < -0.4 is 0 Å². The Morgan fingerprint density at radius 3 is 2.36 bits per heavy atom. The Kier molecular flexibility index (Phi) is 4.13. The number of aliphatic hydroxyl groups is 1. The number of esters is 1. The molecule has 2 aliphatic rings. The summed E-state index contributed by atoms with van der Waals surface area (Å²) in [5, 5.41) is 10.3. The molecule has 2 aliphatic heterocycles. The van der Waals surface area contributed by atoms with Gasteiger partial charge < -0.3 is 23.7 Å². The molecule has 6 nitrogen and oxygen atoms in total. The van der Waals surface area contributed by atoms with E-state index in [1.165, 1.54) is 0 Å². The number of carbonyl (C=O) groups is 1. The van der Waals surface area contributed by atoms with Gasteiger partial charge in [-0.1, -0.05) is 20.8 Å². The summed E-state index contributed by atoms with van der Waals surface area (Å²) in [6.07, 6.45) is -1.39. The van der Waals surface area contributed by atoms with E-state index in [1.54, 1.807) is 13.8 Å². The highest BCUT2D eigenvalue weighted by Gasteiger charge is 2.49. The fourth-order valence-electron chi connectivity index (χ4n) is 2.08. The van der Waals surface area contributed by atoms with Crippen LogP contribution in [0.1, 0.15) is 34.6 Å². The van der Waals surface area contributed by atoms with Gasteiger partial charge in [0.2, 0.25) is 5.76 Å². The van der Waals surface area contributed by atoms with Gasteiger partial charge in [-0.2, -0.15) is 0 Å². The fraction of sp³-hybridized carbons (Fsp3) is 0.800. The molecule has 7 heteroatoms. The topological polar surface area (TPSA) is 74.2 Å². The van der Waals surface area contributed by atoms with Crippen molar-refractivity contribution in [1.82, 2.24) is 0 Å². The lowest BCUT2D eigenvalue weighted by atomic mass is 10.2. The zero-order valence-corrected chi connectivity index (χ0v) is 15.4. The molecule has 0 radical (unpaired) electrons. The van der Waals surface area contributed by atoms with Crippen molar-refractivity contribution >= 4 is 14.3 Å². The maximum Gasteiger partial charge on any atom is 0.376 e. The minimum absolute atomic E-state index is 0.0788. The van der Waals surface area contributed by atoms with Crippen molar-refractivity contribution in [2.75, 3.05) is 6.61 Å². The molecule has 1 unspecified atom stereocenters. The Bertz CT molecular complexity index is 503. The highest BCUT2D eigenvalue weighted by molar-refractivity contribution is 6.74. The van der Waals surface area contributed by atoms with E-state index in [0.717, 1.165) is 0 Å². The molecule has 22 heavy (non-hydrogen) atoms. The normalized spacial score (nSPS) is 29.0. The van der Waals surface area contributed by atoms with Gasteiger partial charge in [0, 0.05) is 0 Å². The van der Waals surface area contributed by atoms with E-state index >= 15 is 0 Å². The van der Waals surface area contributed by atoms with Crippen molar-refractivity contribution in [2.45, 2.75) is 70.7 Å². The van der Waals surface area contributed by atoms with E-state index in [1.807, 2.05) is 13.1 Å². The first kappa shape index (κ1) is 17.3. The molecule has 2 atom stereocenters. The molecular weight excluding hydrogens is 304 g/mol. The van der Waals surface area contributed by atoms with Gasteiger partial charge in [0.1, 0.15) is 6.10 Å².